The van der Waals surface area contributed by atoms with Crippen LogP contribution in [0.2, 0.25) is 0 Å². The summed E-state index contributed by atoms with van der Waals surface area (Å²) in [6.07, 6.45) is 11.1. The highest BCUT2D eigenvalue weighted by atomic mass is 14.6. The molecule has 0 amide bonds. The Balaban J connectivity index is 2.85. The molecular weight excluding hydrogens is 220 g/mol. The van der Waals surface area contributed by atoms with Gasteiger partial charge >= 0.3 is 0 Å². The first-order chi connectivity index (χ1) is 8.69. The zero-order valence-corrected chi connectivity index (χ0v) is 10.8. The van der Waals surface area contributed by atoms with Crippen molar-refractivity contribution in [2.24, 2.45) is 0 Å². The van der Waals surface area contributed by atoms with Crippen molar-refractivity contribution in [1.29, 1.82) is 0 Å². The summed E-state index contributed by atoms with van der Waals surface area (Å²) >= 11 is 0. The van der Waals surface area contributed by atoms with Gasteiger partial charge in [-0.1, -0.05) is 25.3 Å². The van der Waals surface area contributed by atoms with Crippen LogP contribution in [-0.2, 0) is 0 Å². The molecular formula is C16H16N2. The number of nitrogens with zero attached hydrogens (tertiary/aromatic N) is 2. The average molecular weight is 236 g/mol. The highest BCUT2D eigenvalue weighted by Crippen LogP contribution is 2.33. The molecule has 0 radical (unpaired) electrons. The van der Waals surface area contributed by atoms with Crippen LogP contribution >= 0.6 is 0 Å². The Morgan fingerprint density at radius 3 is 1.67 bits per heavy atom. The van der Waals surface area contributed by atoms with E-state index in [4.69, 9.17) is 0 Å². The summed E-state index contributed by atoms with van der Waals surface area (Å²) in [6.45, 7) is 11.9. The van der Waals surface area contributed by atoms with E-state index in [0.29, 0.717) is 0 Å². The number of aryl methyl sites for hydroxylation is 2. The van der Waals surface area contributed by atoms with E-state index in [0.717, 1.165) is 27.8 Å². The molecule has 2 heteroatoms. The first kappa shape index (κ1) is 12.2. The van der Waals surface area contributed by atoms with Gasteiger partial charge in [0.15, 0.2) is 0 Å². The van der Waals surface area contributed by atoms with E-state index >= 15 is 0 Å². The normalized spacial score (nSPS) is 10.1. The van der Waals surface area contributed by atoms with Crippen LogP contribution in [0.5, 0.6) is 0 Å². The fourth-order valence-electron chi connectivity index (χ4n) is 2.19. The zero-order valence-electron chi connectivity index (χ0n) is 10.8. The lowest BCUT2D eigenvalue weighted by molar-refractivity contribution is 1.21. The molecule has 0 aliphatic heterocycles. The van der Waals surface area contributed by atoms with Crippen molar-refractivity contribution in [3.63, 3.8) is 0 Å². The number of hydrogen-bond acceptors (Lipinski definition) is 2. The van der Waals surface area contributed by atoms with Crippen LogP contribution in [-0.4, -0.2) is 9.97 Å². The molecule has 90 valence electrons. The maximum atomic E-state index is 4.21. The molecule has 2 aromatic heterocycles. The van der Waals surface area contributed by atoms with Crippen molar-refractivity contribution in [2.45, 2.75) is 13.8 Å². The standard InChI is InChI=1S/C16H16N2/c1-5-13-9-18-10-14(6-2)16(13)15-11(3)7-17-8-12(15)4/h5-10H,1-2H2,3-4H3. The van der Waals surface area contributed by atoms with Gasteiger partial charge in [0, 0.05) is 35.9 Å². The summed E-state index contributed by atoms with van der Waals surface area (Å²) in [4.78, 5) is 8.43. The summed E-state index contributed by atoms with van der Waals surface area (Å²) in [5.74, 6) is 0. The number of rotatable bonds is 3. The summed E-state index contributed by atoms with van der Waals surface area (Å²) in [5.41, 5.74) is 6.65. The molecule has 0 aliphatic carbocycles. The van der Waals surface area contributed by atoms with Gasteiger partial charge in [-0.15, -0.1) is 0 Å². The van der Waals surface area contributed by atoms with Crippen molar-refractivity contribution in [3.05, 3.63) is 60.2 Å². The molecule has 18 heavy (non-hydrogen) atoms. The van der Waals surface area contributed by atoms with Gasteiger partial charge in [-0.2, -0.15) is 0 Å². The SMILES string of the molecule is C=Cc1cncc(C=C)c1-c1c(C)cncc1C. The molecule has 0 aliphatic rings. The Morgan fingerprint density at radius 2 is 1.22 bits per heavy atom. The van der Waals surface area contributed by atoms with Crippen molar-refractivity contribution in [3.8, 4) is 11.1 Å². The van der Waals surface area contributed by atoms with E-state index < -0.39 is 0 Å². The highest BCUT2D eigenvalue weighted by molar-refractivity contribution is 5.84. The quantitative estimate of drug-likeness (QED) is 0.803. The number of aromatic nitrogens is 2. The lowest BCUT2D eigenvalue weighted by Gasteiger charge is -2.14. The Labute approximate surface area is 108 Å². The van der Waals surface area contributed by atoms with E-state index in [-0.39, 0.29) is 0 Å². The molecule has 0 fully saturated rings. The fraction of sp³-hybridized carbons (Fsp3) is 0.125. The van der Waals surface area contributed by atoms with Gasteiger partial charge in [0.2, 0.25) is 0 Å². The minimum absolute atomic E-state index is 1.02. The molecule has 2 heterocycles. The van der Waals surface area contributed by atoms with Crippen molar-refractivity contribution in [2.75, 3.05) is 0 Å². The van der Waals surface area contributed by atoms with Crippen molar-refractivity contribution < 1.29 is 0 Å². The predicted molar refractivity (Wildman–Crippen MR) is 77.1 cm³/mol. The van der Waals surface area contributed by atoms with E-state index in [1.165, 1.54) is 5.56 Å². The molecule has 0 bridgehead atoms. The first-order valence-corrected chi connectivity index (χ1v) is 5.83. The second-order valence-corrected chi connectivity index (χ2v) is 4.25. The molecule has 0 atom stereocenters. The third kappa shape index (κ3) is 1.97. The molecule has 2 aromatic rings. The fourth-order valence-corrected chi connectivity index (χ4v) is 2.19. The second-order valence-electron chi connectivity index (χ2n) is 4.25. The summed E-state index contributed by atoms with van der Waals surface area (Å²) in [6, 6.07) is 0. The van der Waals surface area contributed by atoms with Gasteiger partial charge in [0.1, 0.15) is 0 Å². The van der Waals surface area contributed by atoms with Crippen LogP contribution in [0.15, 0.2) is 37.9 Å². The minimum Gasteiger partial charge on any atom is -0.264 e. The number of pyridine rings is 2. The largest absolute Gasteiger partial charge is 0.264 e. The number of hydrogen-bond donors (Lipinski definition) is 0. The van der Waals surface area contributed by atoms with Crippen LogP contribution < -0.4 is 0 Å². The van der Waals surface area contributed by atoms with Crippen molar-refractivity contribution in [1.82, 2.24) is 9.97 Å². The maximum absolute atomic E-state index is 4.21. The molecule has 0 saturated carbocycles. The molecule has 0 unspecified atom stereocenters. The third-order valence-electron chi connectivity index (χ3n) is 3.02. The zero-order chi connectivity index (χ0) is 13.1. The second kappa shape index (κ2) is 4.96. The Bertz CT molecular complexity index is 566. The molecule has 0 N–H and O–H groups in total. The van der Waals surface area contributed by atoms with Crippen LogP contribution in [0.3, 0.4) is 0 Å². The van der Waals surface area contributed by atoms with Crippen molar-refractivity contribution >= 4 is 12.2 Å². The lowest BCUT2D eigenvalue weighted by atomic mass is 9.91. The predicted octanol–water partition coefficient (Wildman–Crippen LogP) is 4.05. The Morgan fingerprint density at radius 1 is 0.778 bits per heavy atom. The topological polar surface area (TPSA) is 25.8 Å². The van der Waals surface area contributed by atoms with Crippen LogP contribution in [0.25, 0.3) is 23.3 Å². The highest BCUT2D eigenvalue weighted by Gasteiger charge is 2.12. The summed E-state index contributed by atoms with van der Waals surface area (Å²) in [7, 11) is 0. The van der Waals surface area contributed by atoms with Gasteiger partial charge in [0.25, 0.3) is 0 Å². The molecule has 2 rings (SSSR count). The Kier molecular flexibility index (Phi) is 3.38. The first-order valence-electron chi connectivity index (χ1n) is 5.83. The third-order valence-corrected chi connectivity index (χ3v) is 3.02. The molecule has 0 spiro atoms. The molecule has 0 aromatic carbocycles. The van der Waals surface area contributed by atoms with Gasteiger partial charge in [-0.3, -0.25) is 9.97 Å². The summed E-state index contributed by atoms with van der Waals surface area (Å²) in [5, 5.41) is 0. The lowest BCUT2D eigenvalue weighted by Crippen LogP contribution is -1.96. The molecule has 2 nitrogen and oxygen atoms in total. The van der Waals surface area contributed by atoms with E-state index in [9.17, 15) is 0 Å². The van der Waals surface area contributed by atoms with Gasteiger partial charge < -0.3 is 0 Å². The smallest absolute Gasteiger partial charge is 0.0346 e. The van der Waals surface area contributed by atoms with Gasteiger partial charge in [0.05, 0.1) is 0 Å². The van der Waals surface area contributed by atoms with E-state index in [2.05, 4.69) is 37.0 Å². The van der Waals surface area contributed by atoms with Crippen LogP contribution in [0, 0.1) is 13.8 Å². The summed E-state index contributed by atoms with van der Waals surface area (Å²) < 4.78 is 0. The minimum atomic E-state index is 1.02. The van der Waals surface area contributed by atoms with E-state index in [1.54, 1.807) is 0 Å². The average Bonchev–Trinajstić information content (AvgIpc) is 2.38. The monoisotopic (exact) mass is 236 g/mol. The van der Waals surface area contributed by atoms with E-state index in [1.807, 2.05) is 36.9 Å². The van der Waals surface area contributed by atoms with Crippen LogP contribution in [0.4, 0.5) is 0 Å². The van der Waals surface area contributed by atoms with Gasteiger partial charge in [-0.05, 0) is 36.1 Å². The Hall–Kier alpha value is -2.22. The maximum Gasteiger partial charge on any atom is 0.0346 e. The van der Waals surface area contributed by atoms with Crippen LogP contribution in [0.1, 0.15) is 22.3 Å². The van der Waals surface area contributed by atoms with Gasteiger partial charge in [-0.25, -0.2) is 0 Å². The molecule has 0 saturated heterocycles.